The van der Waals surface area contributed by atoms with Gasteiger partial charge in [0, 0.05) is 18.2 Å². The molecule has 0 radical (unpaired) electrons. The van der Waals surface area contributed by atoms with Crippen LogP contribution in [0.1, 0.15) is 12.5 Å². The van der Waals surface area contributed by atoms with Crippen LogP contribution >= 0.6 is 0 Å². The summed E-state index contributed by atoms with van der Waals surface area (Å²) in [6.07, 6.45) is 2.60. The molecule has 0 heterocycles. The first-order valence-corrected chi connectivity index (χ1v) is 9.17. The smallest absolute Gasteiger partial charge is 0.269 e. The first-order valence-electron chi connectivity index (χ1n) is 7.52. The summed E-state index contributed by atoms with van der Waals surface area (Å²) in [4.78, 5) is 22.0. The van der Waals surface area contributed by atoms with Crippen LogP contribution in [-0.4, -0.2) is 30.1 Å². The maximum Gasteiger partial charge on any atom is 0.269 e. The molecule has 0 aliphatic rings. The van der Waals surface area contributed by atoms with Gasteiger partial charge in [0.15, 0.2) is 9.84 Å². The average Bonchev–Trinajstić information content (AvgIpc) is 2.62. The Balaban J connectivity index is 2.14. The number of phenolic OH excluding ortho intramolecular Hbond substituents is 1. The number of phenols is 1. The lowest BCUT2D eigenvalue weighted by atomic mass is 10.2. The third-order valence-corrected chi connectivity index (χ3v) is 5.23. The monoisotopic (exact) mass is 376 g/mol. The third kappa shape index (κ3) is 4.67. The number of hydrogen-bond acceptors (Lipinski definition) is 6. The summed E-state index contributed by atoms with van der Waals surface area (Å²) in [6.45, 7) is 1.49. The molecule has 0 saturated carbocycles. The molecule has 2 N–H and O–H groups in total. The molecule has 26 heavy (non-hydrogen) atoms. The number of nitrogens with zero attached hydrogens (tertiary/aromatic N) is 1. The van der Waals surface area contributed by atoms with E-state index in [4.69, 9.17) is 0 Å². The molecule has 2 rings (SSSR count). The number of rotatable bonds is 6. The van der Waals surface area contributed by atoms with E-state index in [0.29, 0.717) is 5.56 Å². The van der Waals surface area contributed by atoms with Crippen LogP contribution in [0.15, 0.2) is 53.4 Å². The Labute approximate surface area is 149 Å². The first-order chi connectivity index (χ1) is 12.2. The summed E-state index contributed by atoms with van der Waals surface area (Å²) in [7, 11) is -3.48. The van der Waals surface area contributed by atoms with E-state index >= 15 is 0 Å². The molecular weight excluding hydrogens is 360 g/mol. The molecule has 136 valence electrons. The number of carbonyl (C=O) groups excluding carboxylic acids is 1. The molecule has 0 fully saturated rings. The van der Waals surface area contributed by atoms with Gasteiger partial charge in [-0.15, -0.1) is 0 Å². The Hall–Kier alpha value is -3.20. The van der Waals surface area contributed by atoms with E-state index in [1.807, 2.05) is 0 Å². The molecule has 9 heteroatoms. The number of nitro groups is 1. The molecule has 0 aliphatic heterocycles. The van der Waals surface area contributed by atoms with Gasteiger partial charge in [-0.25, -0.2) is 8.42 Å². The van der Waals surface area contributed by atoms with Crippen LogP contribution in [-0.2, 0) is 14.6 Å². The summed E-state index contributed by atoms with van der Waals surface area (Å²) in [5.41, 5.74) is 0.473. The van der Waals surface area contributed by atoms with E-state index in [-0.39, 0.29) is 27.8 Å². The van der Waals surface area contributed by atoms with Crippen LogP contribution in [0.2, 0.25) is 0 Å². The quantitative estimate of drug-likeness (QED) is 0.345. The Morgan fingerprint density at radius 2 is 1.88 bits per heavy atom. The highest BCUT2D eigenvalue weighted by Crippen LogP contribution is 2.27. The number of aromatic hydroxyl groups is 1. The maximum atomic E-state index is 12.0. The minimum atomic E-state index is -3.48. The van der Waals surface area contributed by atoms with Crippen molar-refractivity contribution >= 4 is 33.2 Å². The number of sulfone groups is 1. The van der Waals surface area contributed by atoms with Crippen LogP contribution in [0.4, 0.5) is 11.4 Å². The summed E-state index contributed by atoms with van der Waals surface area (Å²) in [6, 6.07) is 9.22. The van der Waals surface area contributed by atoms with Gasteiger partial charge in [-0.05, 0) is 42.0 Å². The van der Waals surface area contributed by atoms with Crippen molar-refractivity contribution in [2.75, 3.05) is 11.1 Å². The molecule has 0 bridgehead atoms. The van der Waals surface area contributed by atoms with E-state index in [2.05, 4.69) is 5.32 Å². The van der Waals surface area contributed by atoms with Crippen molar-refractivity contribution < 1.29 is 23.2 Å². The largest absolute Gasteiger partial charge is 0.506 e. The van der Waals surface area contributed by atoms with Gasteiger partial charge in [-0.2, -0.15) is 0 Å². The minimum Gasteiger partial charge on any atom is -0.506 e. The second kappa shape index (κ2) is 7.79. The molecule has 0 unspecified atom stereocenters. The fraction of sp³-hybridized carbons (Fsp3) is 0.118. The summed E-state index contributed by atoms with van der Waals surface area (Å²) < 4.78 is 23.8. The fourth-order valence-corrected chi connectivity index (χ4v) is 2.93. The molecule has 0 saturated heterocycles. The highest BCUT2D eigenvalue weighted by atomic mass is 32.2. The normalized spacial score (nSPS) is 11.4. The van der Waals surface area contributed by atoms with Gasteiger partial charge >= 0.3 is 0 Å². The van der Waals surface area contributed by atoms with Crippen molar-refractivity contribution in [3.8, 4) is 5.75 Å². The van der Waals surface area contributed by atoms with Gasteiger partial charge < -0.3 is 10.4 Å². The number of anilines is 1. The van der Waals surface area contributed by atoms with Gasteiger partial charge in [-0.3, -0.25) is 14.9 Å². The molecular formula is C17H16N2O6S. The van der Waals surface area contributed by atoms with Crippen LogP contribution in [0, 0.1) is 10.1 Å². The van der Waals surface area contributed by atoms with E-state index < -0.39 is 20.7 Å². The molecule has 0 spiro atoms. The maximum absolute atomic E-state index is 12.0. The van der Waals surface area contributed by atoms with Crippen molar-refractivity contribution in [2.24, 2.45) is 0 Å². The number of non-ortho nitro benzene ring substituents is 1. The second-order valence-electron chi connectivity index (χ2n) is 5.25. The molecule has 2 aromatic rings. The highest BCUT2D eigenvalue weighted by Gasteiger charge is 2.14. The van der Waals surface area contributed by atoms with Gasteiger partial charge in [0.25, 0.3) is 5.69 Å². The number of amides is 1. The van der Waals surface area contributed by atoms with Crippen LogP contribution < -0.4 is 5.32 Å². The molecule has 0 atom stereocenters. The van der Waals surface area contributed by atoms with Gasteiger partial charge in [-0.1, -0.05) is 6.92 Å². The standard InChI is InChI=1S/C17H16N2O6S/c1-2-26(24,25)14-8-9-16(20)15(11-14)18-17(21)10-5-12-3-6-13(7-4-12)19(22)23/h3-11,20H,2H2,1H3,(H,18,21)/b10-5+. The van der Waals surface area contributed by atoms with Crippen molar-refractivity contribution in [2.45, 2.75) is 11.8 Å². The zero-order valence-corrected chi connectivity index (χ0v) is 14.6. The lowest BCUT2D eigenvalue weighted by Gasteiger charge is -2.08. The molecule has 0 aromatic heterocycles. The molecule has 8 nitrogen and oxygen atoms in total. The first kappa shape index (κ1) is 19.1. The summed E-state index contributed by atoms with van der Waals surface area (Å²) in [5.74, 6) is -0.965. The predicted octanol–water partition coefficient (Wildman–Crippen LogP) is 2.75. The van der Waals surface area contributed by atoms with Gasteiger partial charge in [0.2, 0.25) is 5.91 Å². The minimum absolute atomic E-state index is 0.00699. The predicted molar refractivity (Wildman–Crippen MR) is 96.6 cm³/mol. The Morgan fingerprint density at radius 1 is 1.23 bits per heavy atom. The number of benzene rings is 2. The lowest BCUT2D eigenvalue weighted by molar-refractivity contribution is -0.384. The Bertz CT molecular complexity index is 965. The van der Waals surface area contributed by atoms with Crippen molar-refractivity contribution in [1.29, 1.82) is 0 Å². The van der Waals surface area contributed by atoms with E-state index in [9.17, 15) is 28.4 Å². The summed E-state index contributed by atoms with van der Waals surface area (Å²) in [5, 5.41) is 22.8. The molecule has 1 amide bonds. The number of nitrogens with one attached hydrogen (secondary N) is 1. The fourth-order valence-electron chi connectivity index (χ4n) is 2.03. The van der Waals surface area contributed by atoms with E-state index in [1.54, 1.807) is 0 Å². The zero-order valence-electron chi connectivity index (χ0n) is 13.7. The third-order valence-electron chi connectivity index (χ3n) is 3.50. The highest BCUT2D eigenvalue weighted by molar-refractivity contribution is 7.91. The number of nitro benzene ring substituents is 1. The zero-order chi connectivity index (χ0) is 19.3. The van der Waals surface area contributed by atoms with E-state index in [1.165, 1.54) is 61.5 Å². The number of hydrogen-bond donors (Lipinski definition) is 2. The van der Waals surface area contributed by atoms with Crippen molar-refractivity contribution in [3.05, 3.63) is 64.2 Å². The Morgan fingerprint density at radius 3 is 2.46 bits per heavy atom. The van der Waals surface area contributed by atoms with Crippen LogP contribution in [0.3, 0.4) is 0 Å². The SMILES string of the molecule is CCS(=O)(=O)c1ccc(O)c(NC(=O)/C=C/c2ccc([N+](=O)[O-])cc2)c1. The van der Waals surface area contributed by atoms with Crippen molar-refractivity contribution in [1.82, 2.24) is 0 Å². The van der Waals surface area contributed by atoms with Crippen LogP contribution in [0.25, 0.3) is 6.08 Å². The van der Waals surface area contributed by atoms with E-state index in [0.717, 1.165) is 0 Å². The second-order valence-corrected chi connectivity index (χ2v) is 7.53. The number of carbonyl (C=O) groups is 1. The topological polar surface area (TPSA) is 127 Å². The average molecular weight is 376 g/mol. The van der Waals surface area contributed by atoms with Gasteiger partial charge in [0.05, 0.1) is 21.3 Å². The van der Waals surface area contributed by atoms with Crippen LogP contribution in [0.5, 0.6) is 5.75 Å². The lowest BCUT2D eigenvalue weighted by Crippen LogP contribution is -2.10. The summed E-state index contributed by atoms with van der Waals surface area (Å²) >= 11 is 0. The molecule has 2 aromatic carbocycles. The Kier molecular flexibility index (Phi) is 5.73. The van der Waals surface area contributed by atoms with Crippen molar-refractivity contribution in [3.63, 3.8) is 0 Å². The van der Waals surface area contributed by atoms with Gasteiger partial charge in [0.1, 0.15) is 5.75 Å². The molecule has 0 aliphatic carbocycles.